The van der Waals surface area contributed by atoms with E-state index in [1.807, 2.05) is 0 Å². The van der Waals surface area contributed by atoms with E-state index in [1.54, 1.807) is 0 Å². The highest BCUT2D eigenvalue weighted by Crippen LogP contribution is 2.22. The van der Waals surface area contributed by atoms with Gasteiger partial charge in [0, 0.05) is 13.0 Å². The fraction of sp³-hybridized carbons (Fsp3) is 0.969. The first kappa shape index (κ1) is 38.2. The second kappa shape index (κ2) is 25.7. The topological polar surface area (TPSA) is 135 Å². The Balaban J connectivity index is 2.39. The first-order chi connectivity index (χ1) is 19.9. The summed E-state index contributed by atoms with van der Waals surface area (Å²) in [5, 5.41) is 39.7. The Morgan fingerprint density at radius 3 is 1.73 bits per heavy atom. The average molecular weight is 591 g/mol. The highest BCUT2D eigenvalue weighted by Gasteiger charge is 2.44. The number of esters is 1. The minimum Gasteiger partial charge on any atom is -0.457 e. The smallest absolute Gasteiger partial charge is 0.306 e. The molecule has 244 valence electrons. The summed E-state index contributed by atoms with van der Waals surface area (Å²) in [4.78, 5) is 12.6. The first-order valence-corrected chi connectivity index (χ1v) is 16.6. The van der Waals surface area contributed by atoms with Gasteiger partial charge in [-0.15, -0.1) is 0 Å². The minimum atomic E-state index is -1.53. The van der Waals surface area contributed by atoms with Gasteiger partial charge in [-0.2, -0.15) is 0 Å². The molecule has 1 heterocycles. The van der Waals surface area contributed by atoms with Gasteiger partial charge < -0.3 is 39.4 Å². The van der Waals surface area contributed by atoms with Crippen molar-refractivity contribution in [3.05, 3.63) is 0 Å². The molecule has 4 N–H and O–H groups in total. The van der Waals surface area contributed by atoms with Gasteiger partial charge in [0.05, 0.1) is 19.8 Å². The van der Waals surface area contributed by atoms with Crippen LogP contribution in [0.4, 0.5) is 0 Å². The third-order valence-corrected chi connectivity index (χ3v) is 7.77. The van der Waals surface area contributed by atoms with E-state index in [0.717, 1.165) is 32.1 Å². The third-order valence-electron chi connectivity index (χ3n) is 7.77. The molecular formula is C32H62O9. The summed E-state index contributed by atoms with van der Waals surface area (Å²) < 4.78 is 22.5. The number of unbranched alkanes of at least 4 members (excludes halogenated alkanes) is 16. The Labute approximate surface area is 249 Å². The van der Waals surface area contributed by atoms with Crippen LogP contribution in [0.25, 0.3) is 0 Å². The third kappa shape index (κ3) is 18.5. The average Bonchev–Trinajstić information content (AvgIpc) is 2.97. The molecule has 0 radical (unpaired) electrons. The molecule has 0 aromatic rings. The summed E-state index contributed by atoms with van der Waals surface area (Å²) in [5.41, 5.74) is 0. The SMILES string of the molecule is CCCCCCCCCCCCC(=O)OC(COCCCCCCCCCC)COC1OC(CO)C(O)C(O)C1O. The number of carbonyl (C=O) groups excluding carboxylic acids is 1. The standard InChI is InChI=1S/C32H62O9/c1-3-5-7-9-11-13-14-15-17-19-21-28(34)40-26(24-38-22-20-18-16-12-10-8-6-4-2)25-39-32-31(37)30(36)29(35)27(23-33)41-32/h26-27,29-33,35-37H,3-25H2,1-2H3. The fourth-order valence-corrected chi connectivity index (χ4v) is 5.08. The molecule has 1 aliphatic rings. The number of rotatable bonds is 27. The zero-order chi connectivity index (χ0) is 30.1. The van der Waals surface area contributed by atoms with E-state index in [9.17, 15) is 25.2 Å². The van der Waals surface area contributed by atoms with Crippen molar-refractivity contribution in [2.24, 2.45) is 0 Å². The van der Waals surface area contributed by atoms with Crippen molar-refractivity contribution in [3.63, 3.8) is 0 Å². The first-order valence-electron chi connectivity index (χ1n) is 16.6. The molecule has 1 rings (SSSR count). The van der Waals surface area contributed by atoms with Gasteiger partial charge in [-0.1, -0.05) is 117 Å². The fourth-order valence-electron chi connectivity index (χ4n) is 5.08. The quantitative estimate of drug-likeness (QED) is 0.0754. The Kier molecular flexibility index (Phi) is 23.9. The van der Waals surface area contributed by atoms with Crippen LogP contribution in [0.1, 0.15) is 136 Å². The van der Waals surface area contributed by atoms with Gasteiger partial charge in [0.15, 0.2) is 6.29 Å². The van der Waals surface area contributed by atoms with E-state index in [4.69, 9.17) is 18.9 Å². The van der Waals surface area contributed by atoms with E-state index < -0.39 is 43.4 Å². The Morgan fingerprint density at radius 2 is 1.20 bits per heavy atom. The van der Waals surface area contributed by atoms with Crippen LogP contribution >= 0.6 is 0 Å². The van der Waals surface area contributed by atoms with Crippen LogP contribution in [0.3, 0.4) is 0 Å². The predicted octanol–water partition coefficient (Wildman–Crippen LogP) is 5.18. The maximum absolute atomic E-state index is 12.6. The van der Waals surface area contributed by atoms with Gasteiger partial charge in [-0.25, -0.2) is 0 Å². The van der Waals surface area contributed by atoms with E-state index in [1.165, 1.54) is 83.5 Å². The second-order valence-electron chi connectivity index (χ2n) is 11.6. The predicted molar refractivity (Wildman–Crippen MR) is 159 cm³/mol. The van der Waals surface area contributed by atoms with Crippen molar-refractivity contribution in [2.75, 3.05) is 26.4 Å². The molecule has 0 amide bonds. The van der Waals surface area contributed by atoms with Crippen molar-refractivity contribution < 1.29 is 44.2 Å². The molecule has 6 atom stereocenters. The van der Waals surface area contributed by atoms with E-state index in [2.05, 4.69) is 13.8 Å². The summed E-state index contributed by atoms with van der Waals surface area (Å²) >= 11 is 0. The zero-order valence-corrected chi connectivity index (χ0v) is 26.1. The lowest BCUT2D eigenvalue weighted by molar-refractivity contribution is -0.305. The molecule has 0 spiro atoms. The lowest BCUT2D eigenvalue weighted by Crippen LogP contribution is -2.59. The Morgan fingerprint density at radius 1 is 0.683 bits per heavy atom. The number of carbonyl (C=O) groups is 1. The maximum atomic E-state index is 12.6. The molecule has 6 unspecified atom stereocenters. The molecule has 0 bridgehead atoms. The van der Waals surface area contributed by atoms with Crippen LogP contribution in [-0.2, 0) is 23.7 Å². The van der Waals surface area contributed by atoms with Crippen LogP contribution in [0.2, 0.25) is 0 Å². The molecule has 0 aromatic carbocycles. The summed E-state index contributed by atoms with van der Waals surface area (Å²) in [7, 11) is 0. The lowest BCUT2D eigenvalue weighted by Gasteiger charge is -2.39. The summed E-state index contributed by atoms with van der Waals surface area (Å²) in [6.07, 6.45) is 14.2. The Hall–Kier alpha value is -0.810. The molecule has 0 aromatic heterocycles. The number of aliphatic hydroxyl groups excluding tert-OH is 4. The molecule has 1 fully saturated rings. The molecule has 1 aliphatic heterocycles. The summed E-state index contributed by atoms with van der Waals surface area (Å²) in [6.45, 7) is 4.51. The van der Waals surface area contributed by atoms with Crippen molar-refractivity contribution in [2.45, 2.75) is 173 Å². The van der Waals surface area contributed by atoms with Crippen molar-refractivity contribution >= 4 is 5.97 Å². The second-order valence-corrected chi connectivity index (χ2v) is 11.6. The highest BCUT2D eigenvalue weighted by atomic mass is 16.7. The van der Waals surface area contributed by atoms with Crippen LogP contribution in [0.5, 0.6) is 0 Å². The molecule has 0 saturated carbocycles. The van der Waals surface area contributed by atoms with Gasteiger partial charge in [0.2, 0.25) is 0 Å². The van der Waals surface area contributed by atoms with E-state index >= 15 is 0 Å². The minimum absolute atomic E-state index is 0.107. The highest BCUT2D eigenvalue weighted by molar-refractivity contribution is 5.69. The molecular weight excluding hydrogens is 528 g/mol. The van der Waals surface area contributed by atoms with Gasteiger partial charge in [-0.05, 0) is 12.8 Å². The van der Waals surface area contributed by atoms with Crippen LogP contribution < -0.4 is 0 Å². The summed E-state index contributed by atoms with van der Waals surface area (Å²) in [6, 6.07) is 0. The van der Waals surface area contributed by atoms with E-state index in [0.29, 0.717) is 13.0 Å². The number of hydrogen-bond acceptors (Lipinski definition) is 9. The van der Waals surface area contributed by atoms with E-state index in [-0.39, 0.29) is 19.2 Å². The van der Waals surface area contributed by atoms with Crippen LogP contribution in [-0.4, -0.2) is 89.6 Å². The van der Waals surface area contributed by atoms with Crippen molar-refractivity contribution in [1.82, 2.24) is 0 Å². The van der Waals surface area contributed by atoms with Gasteiger partial charge >= 0.3 is 5.97 Å². The maximum Gasteiger partial charge on any atom is 0.306 e. The van der Waals surface area contributed by atoms with Crippen LogP contribution in [0.15, 0.2) is 0 Å². The van der Waals surface area contributed by atoms with Crippen molar-refractivity contribution in [3.8, 4) is 0 Å². The van der Waals surface area contributed by atoms with Crippen LogP contribution in [0, 0.1) is 0 Å². The number of hydrogen-bond donors (Lipinski definition) is 4. The molecule has 0 aliphatic carbocycles. The number of aliphatic hydroxyl groups is 4. The molecule has 9 nitrogen and oxygen atoms in total. The monoisotopic (exact) mass is 590 g/mol. The van der Waals surface area contributed by atoms with Gasteiger partial charge in [-0.3, -0.25) is 4.79 Å². The summed E-state index contributed by atoms with van der Waals surface area (Å²) in [5.74, 6) is -0.317. The number of ether oxygens (including phenoxy) is 4. The van der Waals surface area contributed by atoms with Crippen molar-refractivity contribution in [1.29, 1.82) is 0 Å². The van der Waals surface area contributed by atoms with Gasteiger partial charge in [0.25, 0.3) is 0 Å². The normalized spacial score (nSPS) is 23.5. The van der Waals surface area contributed by atoms with Gasteiger partial charge in [0.1, 0.15) is 30.5 Å². The zero-order valence-electron chi connectivity index (χ0n) is 26.1. The molecule has 9 heteroatoms. The molecule has 1 saturated heterocycles. The largest absolute Gasteiger partial charge is 0.457 e. The Bertz CT molecular complexity index is 604. The lowest BCUT2D eigenvalue weighted by atomic mass is 9.99. The molecule has 41 heavy (non-hydrogen) atoms.